The van der Waals surface area contributed by atoms with Crippen LogP contribution >= 0.6 is 0 Å². The first-order valence-corrected chi connectivity index (χ1v) is 5.54. The third kappa shape index (κ3) is 3.18. The fourth-order valence-electron chi connectivity index (χ4n) is 1.49. The molecule has 94 valence electrons. The van der Waals surface area contributed by atoms with Crippen molar-refractivity contribution in [2.24, 2.45) is 0 Å². The van der Waals surface area contributed by atoms with Crippen LogP contribution in [0.1, 0.15) is 21.9 Å². The Hall–Kier alpha value is -2.14. The van der Waals surface area contributed by atoms with Crippen LogP contribution in [0.2, 0.25) is 0 Å². The number of hydrogen-bond donors (Lipinski definition) is 1. The molecule has 2 aromatic heterocycles. The van der Waals surface area contributed by atoms with E-state index in [0.29, 0.717) is 18.9 Å². The Labute approximate surface area is 105 Å². The molecule has 2 heterocycles. The maximum atomic E-state index is 11.8. The summed E-state index contributed by atoms with van der Waals surface area (Å²) in [4.78, 5) is 15.7. The summed E-state index contributed by atoms with van der Waals surface area (Å²) >= 11 is 0. The van der Waals surface area contributed by atoms with Crippen molar-refractivity contribution in [2.75, 3.05) is 7.11 Å². The lowest BCUT2D eigenvalue weighted by Gasteiger charge is -2.02. The van der Waals surface area contributed by atoms with Crippen LogP contribution in [0.4, 0.5) is 0 Å². The Morgan fingerprint density at radius 3 is 2.83 bits per heavy atom. The van der Waals surface area contributed by atoms with Crippen molar-refractivity contribution in [3.8, 4) is 0 Å². The average Bonchev–Trinajstić information content (AvgIpc) is 2.86. The molecule has 0 saturated heterocycles. The third-order valence-corrected chi connectivity index (χ3v) is 2.37. The molecule has 0 aliphatic rings. The Bertz CT molecular complexity index is 508. The molecular weight excluding hydrogens is 232 g/mol. The molecule has 0 radical (unpaired) electrons. The molecule has 0 saturated carbocycles. The van der Waals surface area contributed by atoms with Gasteiger partial charge in [0.2, 0.25) is 0 Å². The number of pyridine rings is 1. The van der Waals surface area contributed by atoms with E-state index in [4.69, 9.17) is 9.15 Å². The van der Waals surface area contributed by atoms with Gasteiger partial charge in [-0.1, -0.05) is 0 Å². The quantitative estimate of drug-likeness (QED) is 0.873. The van der Waals surface area contributed by atoms with Gasteiger partial charge < -0.3 is 14.5 Å². The molecule has 2 aromatic rings. The number of carbonyl (C=O) groups excluding carboxylic acids is 1. The summed E-state index contributed by atoms with van der Waals surface area (Å²) in [7, 11) is 1.58. The van der Waals surface area contributed by atoms with Gasteiger partial charge in [0.15, 0.2) is 5.76 Å². The summed E-state index contributed by atoms with van der Waals surface area (Å²) in [5.41, 5.74) is 0.988. The summed E-state index contributed by atoms with van der Waals surface area (Å²) in [6, 6.07) is 7.05. The molecule has 0 bridgehead atoms. The van der Waals surface area contributed by atoms with Crippen LogP contribution in [0.15, 0.2) is 41.1 Å². The van der Waals surface area contributed by atoms with Gasteiger partial charge in [-0.3, -0.25) is 9.78 Å². The molecule has 5 nitrogen and oxygen atoms in total. The highest BCUT2D eigenvalue weighted by Crippen LogP contribution is 2.09. The van der Waals surface area contributed by atoms with Gasteiger partial charge in [-0.25, -0.2) is 0 Å². The number of ether oxygens (including phenoxy) is 1. The molecule has 0 atom stereocenters. The van der Waals surface area contributed by atoms with Crippen molar-refractivity contribution < 1.29 is 13.9 Å². The monoisotopic (exact) mass is 246 g/mol. The van der Waals surface area contributed by atoms with Gasteiger partial charge in [-0.05, 0) is 29.8 Å². The van der Waals surface area contributed by atoms with Crippen LogP contribution in [-0.4, -0.2) is 18.0 Å². The van der Waals surface area contributed by atoms with Crippen LogP contribution < -0.4 is 5.32 Å². The normalized spacial score (nSPS) is 10.3. The molecule has 0 aliphatic carbocycles. The van der Waals surface area contributed by atoms with Gasteiger partial charge >= 0.3 is 0 Å². The Morgan fingerprint density at radius 1 is 1.33 bits per heavy atom. The maximum absolute atomic E-state index is 11.8. The fourth-order valence-corrected chi connectivity index (χ4v) is 1.49. The van der Waals surface area contributed by atoms with E-state index in [1.807, 2.05) is 12.1 Å². The molecule has 0 aliphatic heterocycles. The van der Waals surface area contributed by atoms with Crippen LogP contribution in [0.5, 0.6) is 0 Å². The number of nitrogens with one attached hydrogen (secondary N) is 1. The molecule has 18 heavy (non-hydrogen) atoms. The van der Waals surface area contributed by atoms with Crippen LogP contribution in [0.3, 0.4) is 0 Å². The zero-order valence-corrected chi connectivity index (χ0v) is 10.1. The number of furan rings is 1. The van der Waals surface area contributed by atoms with E-state index in [1.165, 1.54) is 0 Å². The summed E-state index contributed by atoms with van der Waals surface area (Å²) < 4.78 is 10.2. The molecule has 0 spiro atoms. The van der Waals surface area contributed by atoms with E-state index in [0.717, 1.165) is 5.56 Å². The smallest absolute Gasteiger partial charge is 0.287 e. The van der Waals surface area contributed by atoms with Crippen molar-refractivity contribution in [3.63, 3.8) is 0 Å². The molecule has 0 aromatic carbocycles. The van der Waals surface area contributed by atoms with Crippen molar-refractivity contribution in [3.05, 3.63) is 53.7 Å². The highest BCUT2D eigenvalue weighted by Gasteiger charge is 2.10. The predicted molar refractivity (Wildman–Crippen MR) is 64.8 cm³/mol. The minimum atomic E-state index is -0.242. The number of aromatic nitrogens is 1. The summed E-state index contributed by atoms with van der Waals surface area (Å²) in [6.07, 6.45) is 3.37. The van der Waals surface area contributed by atoms with Crippen LogP contribution in [0, 0.1) is 0 Å². The molecule has 1 N–H and O–H groups in total. The van der Waals surface area contributed by atoms with Crippen LogP contribution in [0.25, 0.3) is 0 Å². The standard InChI is InChI=1S/C13H14N2O3/c1-17-9-11-2-3-12(18-11)13(16)15-8-10-4-6-14-7-5-10/h2-7H,8-9H2,1H3,(H,15,16). The number of hydrogen-bond acceptors (Lipinski definition) is 4. The Kier molecular flexibility index (Phi) is 4.09. The predicted octanol–water partition coefficient (Wildman–Crippen LogP) is 1.75. The second-order valence-electron chi connectivity index (χ2n) is 3.74. The number of methoxy groups -OCH3 is 1. The molecular formula is C13H14N2O3. The first kappa shape index (κ1) is 12.3. The molecule has 5 heteroatoms. The van der Waals surface area contributed by atoms with E-state index in [1.54, 1.807) is 31.6 Å². The minimum Gasteiger partial charge on any atom is -0.453 e. The number of carbonyl (C=O) groups is 1. The topological polar surface area (TPSA) is 64.4 Å². The molecule has 0 unspecified atom stereocenters. The van der Waals surface area contributed by atoms with E-state index in [-0.39, 0.29) is 11.7 Å². The zero-order chi connectivity index (χ0) is 12.8. The van der Waals surface area contributed by atoms with Crippen molar-refractivity contribution in [2.45, 2.75) is 13.2 Å². The molecule has 2 rings (SSSR count). The average molecular weight is 246 g/mol. The SMILES string of the molecule is COCc1ccc(C(=O)NCc2ccncc2)o1. The maximum Gasteiger partial charge on any atom is 0.287 e. The third-order valence-electron chi connectivity index (χ3n) is 2.37. The number of amides is 1. The zero-order valence-electron chi connectivity index (χ0n) is 10.1. The lowest BCUT2D eigenvalue weighted by Crippen LogP contribution is -2.22. The molecule has 0 fully saturated rings. The van der Waals surface area contributed by atoms with Crippen molar-refractivity contribution >= 4 is 5.91 Å². The van der Waals surface area contributed by atoms with Gasteiger partial charge in [-0.15, -0.1) is 0 Å². The van der Waals surface area contributed by atoms with Gasteiger partial charge in [0.05, 0.1) is 0 Å². The minimum absolute atomic E-state index is 0.242. The summed E-state index contributed by atoms with van der Waals surface area (Å²) in [6.45, 7) is 0.805. The van der Waals surface area contributed by atoms with E-state index >= 15 is 0 Å². The van der Waals surface area contributed by atoms with Gasteiger partial charge in [0.1, 0.15) is 12.4 Å². The van der Waals surface area contributed by atoms with E-state index < -0.39 is 0 Å². The van der Waals surface area contributed by atoms with Gasteiger partial charge in [0, 0.05) is 26.0 Å². The van der Waals surface area contributed by atoms with E-state index in [9.17, 15) is 4.79 Å². The van der Waals surface area contributed by atoms with E-state index in [2.05, 4.69) is 10.3 Å². The highest BCUT2D eigenvalue weighted by atomic mass is 16.5. The van der Waals surface area contributed by atoms with Crippen molar-refractivity contribution in [1.82, 2.24) is 10.3 Å². The highest BCUT2D eigenvalue weighted by molar-refractivity contribution is 5.91. The second-order valence-corrected chi connectivity index (χ2v) is 3.74. The largest absolute Gasteiger partial charge is 0.453 e. The number of rotatable bonds is 5. The number of nitrogens with zero attached hydrogens (tertiary/aromatic N) is 1. The van der Waals surface area contributed by atoms with Gasteiger partial charge in [-0.2, -0.15) is 0 Å². The lowest BCUT2D eigenvalue weighted by molar-refractivity contribution is 0.0914. The Balaban J connectivity index is 1.91. The first-order valence-electron chi connectivity index (χ1n) is 5.54. The first-order chi connectivity index (χ1) is 8.79. The Morgan fingerprint density at radius 2 is 2.11 bits per heavy atom. The summed E-state index contributed by atoms with van der Waals surface area (Å²) in [5, 5.41) is 2.77. The summed E-state index contributed by atoms with van der Waals surface area (Å²) in [5.74, 6) is 0.678. The molecule has 1 amide bonds. The van der Waals surface area contributed by atoms with Crippen molar-refractivity contribution in [1.29, 1.82) is 0 Å². The van der Waals surface area contributed by atoms with Crippen LogP contribution in [-0.2, 0) is 17.9 Å². The lowest BCUT2D eigenvalue weighted by atomic mass is 10.2. The fraction of sp³-hybridized carbons (Fsp3) is 0.231. The van der Waals surface area contributed by atoms with Gasteiger partial charge in [0.25, 0.3) is 5.91 Å². The second kappa shape index (κ2) is 5.97.